The SMILES string of the molecule is C=C(C)C(=O)OC(C)OC(=O)CC(C)=O.[Zr]. The summed E-state index contributed by atoms with van der Waals surface area (Å²) in [5, 5.41) is 0. The summed E-state index contributed by atoms with van der Waals surface area (Å²) in [6.45, 7) is 7.50. The van der Waals surface area contributed by atoms with Crippen molar-refractivity contribution in [3.8, 4) is 0 Å². The van der Waals surface area contributed by atoms with Crippen molar-refractivity contribution < 1.29 is 50.1 Å². The summed E-state index contributed by atoms with van der Waals surface area (Å²) in [6.07, 6.45) is -1.34. The van der Waals surface area contributed by atoms with Crippen molar-refractivity contribution in [2.75, 3.05) is 0 Å². The van der Waals surface area contributed by atoms with Gasteiger partial charge in [0.1, 0.15) is 12.2 Å². The Morgan fingerprint density at radius 1 is 1.19 bits per heavy atom. The summed E-state index contributed by atoms with van der Waals surface area (Å²) in [5.74, 6) is -1.67. The fraction of sp³-hybridized carbons (Fsp3) is 0.500. The second-order valence-electron chi connectivity index (χ2n) is 3.12. The van der Waals surface area contributed by atoms with Crippen LogP contribution in [0.3, 0.4) is 0 Å². The van der Waals surface area contributed by atoms with Crippen LogP contribution in [0.2, 0.25) is 0 Å². The number of ketones is 1. The average Bonchev–Trinajstić information content (AvgIpc) is 2.00. The van der Waals surface area contributed by atoms with Crippen molar-refractivity contribution in [3.63, 3.8) is 0 Å². The molecule has 0 fully saturated rings. The number of rotatable bonds is 5. The summed E-state index contributed by atoms with van der Waals surface area (Å²) in [5.41, 5.74) is 0.212. The Bertz CT molecular complexity index is 298. The van der Waals surface area contributed by atoms with E-state index in [1.807, 2.05) is 0 Å². The molecule has 16 heavy (non-hydrogen) atoms. The molecule has 0 spiro atoms. The number of ether oxygens (including phenoxy) is 2. The topological polar surface area (TPSA) is 69.7 Å². The van der Waals surface area contributed by atoms with Gasteiger partial charge in [-0.1, -0.05) is 6.58 Å². The van der Waals surface area contributed by atoms with Crippen molar-refractivity contribution in [2.24, 2.45) is 0 Å². The fourth-order valence-corrected chi connectivity index (χ4v) is 0.705. The van der Waals surface area contributed by atoms with Crippen LogP contribution in [0, 0.1) is 0 Å². The fourth-order valence-electron chi connectivity index (χ4n) is 0.705. The van der Waals surface area contributed by atoms with Crippen molar-refractivity contribution in [1.82, 2.24) is 0 Å². The number of carbonyl (C=O) groups excluding carboxylic acids is 3. The molecule has 0 aromatic heterocycles. The monoisotopic (exact) mass is 304 g/mol. The van der Waals surface area contributed by atoms with E-state index in [0.29, 0.717) is 0 Å². The van der Waals surface area contributed by atoms with Gasteiger partial charge in [-0.15, -0.1) is 0 Å². The summed E-state index contributed by atoms with van der Waals surface area (Å²) >= 11 is 0. The van der Waals surface area contributed by atoms with Gasteiger partial charge in [-0.25, -0.2) is 4.79 Å². The summed E-state index contributed by atoms with van der Waals surface area (Å²) < 4.78 is 9.31. The van der Waals surface area contributed by atoms with Crippen LogP contribution in [0.25, 0.3) is 0 Å². The van der Waals surface area contributed by atoms with Gasteiger partial charge in [0, 0.05) is 38.7 Å². The standard InChI is InChI=1S/C10H14O5.Zr/c1-6(2)10(13)15-8(4)14-9(12)5-7(3)11;/h8H,1,5H2,2-4H3;. The molecular weight excluding hydrogens is 291 g/mol. The van der Waals surface area contributed by atoms with Gasteiger partial charge in [-0.3, -0.25) is 9.59 Å². The minimum absolute atomic E-state index is 0. The van der Waals surface area contributed by atoms with Crippen LogP contribution in [0.4, 0.5) is 0 Å². The maximum absolute atomic E-state index is 11.0. The molecule has 5 nitrogen and oxygen atoms in total. The van der Waals surface area contributed by atoms with Crippen molar-refractivity contribution in [2.45, 2.75) is 33.5 Å². The molecule has 0 saturated heterocycles. The Morgan fingerprint density at radius 3 is 2.06 bits per heavy atom. The zero-order valence-corrected chi connectivity index (χ0v) is 12.0. The molecule has 0 aromatic rings. The van der Waals surface area contributed by atoms with Crippen LogP contribution in [0.1, 0.15) is 27.2 Å². The number of hydrogen-bond donors (Lipinski definition) is 0. The van der Waals surface area contributed by atoms with Crippen LogP contribution in [-0.2, 0) is 50.1 Å². The molecule has 0 radical (unpaired) electrons. The van der Waals surface area contributed by atoms with Crippen LogP contribution < -0.4 is 0 Å². The molecule has 0 amide bonds. The first-order valence-electron chi connectivity index (χ1n) is 4.38. The van der Waals surface area contributed by atoms with Crippen LogP contribution in [0.5, 0.6) is 0 Å². The van der Waals surface area contributed by atoms with Gasteiger partial charge in [0.05, 0.1) is 0 Å². The number of hydrogen-bond acceptors (Lipinski definition) is 5. The normalized spacial score (nSPS) is 10.7. The van der Waals surface area contributed by atoms with Crippen molar-refractivity contribution in [1.29, 1.82) is 0 Å². The van der Waals surface area contributed by atoms with E-state index in [1.165, 1.54) is 20.8 Å². The summed E-state index contributed by atoms with van der Waals surface area (Å²) in [7, 11) is 0. The van der Waals surface area contributed by atoms with Gasteiger partial charge in [0.15, 0.2) is 0 Å². The molecule has 0 heterocycles. The molecule has 0 aliphatic rings. The van der Waals surface area contributed by atoms with E-state index in [-0.39, 0.29) is 44.0 Å². The predicted octanol–water partition coefficient (Wildman–Crippen LogP) is 0.972. The first-order chi connectivity index (χ1) is 6.82. The Hall–Kier alpha value is -0.767. The molecule has 0 rings (SSSR count). The Balaban J connectivity index is 0. The molecule has 0 aromatic carbocycles. The second-order valence-corrected chi connectivity index (χ2v) is 3.12. The minimum atomic E-state index is -1.01. The van der Waals surface area contributed by atoms with E-state index in [2.05, 4.69) is 16.1 Å². The first-order valence-corrected chi connectivity index (χ1v) is 4.38. The van der Waals surface area contributed by atoms with Gasteiger partial charge in [-0.2, -0.15) is 0 Å². The third-order valence-corrected chi connectivity index (χ3v) is 1.31. The molecule has 1 atom stereocenters. The summed E-state index contributed by atoms with van der Waals surface area (Å²) in [6, 6.07) is 0. The quantitative estimate of drug-likeness (QED) is 0.328. The van der Waals surface area contributed by atoms with E-state index in [4.69, 9.17) is 0 Å². The number of Topliss-reactive ketones (excluding diaryl/α,β-unsaturated/α-hetero) is 1. The molecule has 88 valence electrons. The first kappa shape index (κ1) is 17.6. The molecule has 0 aliphatic heterocycles. The molecule has 0 bridgehead atoms. The minimum Gasteiger partial charge on any atom is -0.425 e. The van der Waals surface area contributed by atoms with E-state index in [1.54, 1.807) is 0 Å². The second kappa shape index (κ2) is 8.39. The van der Waals surface area contributed by atoms with Crippen LogP contribution >= 0.6 is 0 Å². The third-order valence-electron chi connectivity index (χ3n) is 1.31. The average molecular weight is 305 g/mol. The third kappa shape index (κ3) is 8.53. The molecule has 0 N–H and O–H groups in total. The Labute approximate surface area is 113 Å². The smallest absolute Gasteiger partial charge is 0.336 e. The van der Waals surface area contributed by atoms with Gasteiger partial charge in [0.25, 0.3) is 0 Å². The molecule has 1 unspecified atom stereocenters. The maximum atomic E-state index is 11.0. The zero-order chi connectivity index (χ0) is 12.0. The molecule has 6 heteroatoms. The number of carbonyl (C=O) groups is 3. The van der Waals surface area contributed by atoms with E-state index >= 15 is 0 Å². The summed E-state index contributed by atoms with van der Waals surface area (Å²) in [4.78, 5) is 32.5. The largest absolute Gasteiger partial charge is 0.425 e. The molecule has 0 aliphatic carbocycles. The Kier molecular flexibility index (Phi) is 9.24. The van der Waals surface area contributed by atoms with E-state index in [0.717, 1.165) is 0 Å². The van der Waals surface area contributed by atoms with Crippen LogP contribution in [0.15, 0.2) is 12.2 Å². The Morgan fingerprint density at radius 2 is 1.69 bits per heavy atom. The van der Waals surface area contributed by atoms with Gasteiger partial charge >= 0.3 is 11.9 Å². The van der Waals surface area contributed by atoms with E-state index in [9.17, 15) is 14.4 Å². The predicted molar refractivity (Wildman–Crippen MR) is 51.8 cm³/mol. The van der Waals surface area contributed by atoms with Gasteiger partial charge in [-0.05, 0) is 13.8 Å². The zero-order valence-electron chi connectivity index (χ0n) is 9.53. The van der Waals surface area contributed by atoms with Crippen molar-refractivity contribution >= 4 is 17.7 Å². The maximum Gasteiger partial charge on any atom is 0.336 e. The van der Waals surface area contributed by atoms with Crippen molar-refractivity contribution in [3.05, 3.63) is 12.2 Å². The number of esters is 2. The molecule has 0 saturated carbocycles. The van der Waals surface area contributed by atoms with Crippen LogP contribution in [-0.4, -0.2) is 24.0 Å². The van der Waals surface area contributed by atoms with Gasteiger partial charge in [0.2, 0.25) is 6.29 Å². The van der Waals surface area contributed by atoms with Gasteiger partial charge < -0.3 is 9.47 Å². The van der Waals surface area contributed by atoms with E-state index < -0.39 is 18.2 Å². The molecular formula is C10H14O5Zr.